The van der Waals surface area contributed by atoms with Gasteiger partial charge >= 0.3 is 0 Å². The minimum atomic E-state index is -2.28. The van der Waals surface area contributed by atoms with Crippen LogP contribution in [0.25, 0.3) is 0 Å². The molecular weight excluding hydrogens is 1000 g/mol. The van der Waals surface area contributed by atoms with Gasteiger partial charge in [-0.2, -0.15) is 0 Å². The first kappa shape index (κ1) is 60.0. The normalized spacial score (nSPS) is 49.8. The molecule has 2 amide bonds. The van der Waals surface area contributed by atoms with Gasteiger partial charge in [-0.25, -0.2) is 0 Å². The van der Waals surface area contributed by atoms with E-state index in [4.69, 9.17) is 52.1 Å². The number of ether oxygens (including phenoxy) is 11. The highest BCUT2D eigenvalue weighted by molar-refractivity contribution is 5.73. The van der Waals surface area contributed by atoms with Crippen molar-refractivity contribution >= 4 is 11.8 Å². The molecule has 0 aromatic rings. The molecule has 33 heteroatoms. The van der Waals surface area contributed by atoms with Gasteiger partial charge in [0.25, 0.3) is 0 Å². The first-order valence-electron chi connectivity index (χ1n) is 23.1. The summed E-state index contributed by atoms with van der Waals surface area (Å²) in [5.74, 6) is -1.56. The number of aliphatic hydroxyl groups excluding tert-OH is 18. The summed E-state index contributed by atoms with van der Waals surface area (Å²) in [7, 11) is 0. The highest BCUT2D eigenvalue weighted by Gasteiger charge is 2.57. The summed E-state index contributed by atoms with van der Waals surface area (Å²) in [5.41, 5.74) is 0. The van der Waals surface area contributed by atoms with Crippen LogP contribution >= 0.6 is 0 Å². The van der Waals surface area contributed by atoms with Crippen molar-refractivity contribution in [2.24, 2.45) is 0 Å². The first-order chi connectivity index (χ1) is 34.5. The molecule has 0 unspecified atom stereocenters. The van der Waals surface area contributed by atoms with Gasteiger partial charge < -0.3 is 155 Å². The van der Waals surface area contributed by atoms with Gasteiger partial charge in [0, 0.05) is 13.8 Å². The summed E-state index contributed by atoms with van der Waals surface area (Å²) in [6, 6.07) is -3.30. The number of aliphatic hydroxyl groups is 18. The van der Waals surface area contributed by atoms with Gasteiger partial charge in [0.1, 0.15) is 146 Å². The van der Waals surface area contributed by atoms with Crippen molar-refractivity contribution in [2.45, 2.75) is 198 Å². The molecule has 0 spiro atoms. The molecule has 6 rings (SSSR count). The molecule has 0 bridgehead atoms. The maximum Gasteiger partial charge on any atom is 0.217 e. The van der Waals surface area contributed by atoms with Crippen LogP contribution in [0.1, 0.15) is 13.8 Å². The van der Waals surface area contributed by atoms with Crippen LogP contribution < -0.4 is 10.6 Å². The lowest BCUT2D eigenvalue weighted by molar-refractivity contribution is -0.389. The van der Waals surface area contributed by atoms with E-state index in [0.717, 1.165) is 13.8 Å². The second-order valence-electron chi connectivity index (χ2n) is 18.3. The van der Waals surface area contributed by atoms with Crippen molar-refractivity contribution in [1.29, 1.82) is 0 Å². The molecule has 0 saturated carbocycles. The second kappa shape index (κ2) is 26.0. The minimum absolute atomic E-state index is 0.718. The fourth-order valence-corrected chi connectivity index (χ4v) is 9.20. The van der Waals surface area contributed by atoms with E-state index in [0.29, 0.717) is 0 Å². The smallest absolute Gasteiger partial charge is 0.217 e. The first-order valence-corrected chi connectivity index (χ1v) is 23.1. The second-order valence-corrected chi connectivity index (χ2v) is 18.3. The molecule has 20 N–H and O–H groups in total. The summed E-state index contributed by atoms with van der Waals surface area (Å²) in [5, 5.41) is 197. The van der Waals surface area contributed by atoms with Crippen molar-refractivity contribution in [1.82, 2.24) is 10.6 Å². The standard InChI is InChI=1S/C40H68N2O31/c1-9(48)41-17-23(54)31(14(6-46)64-35(17)62)70-36-18(42-10(2)49)24(55)32(15(7-47)68-36)71-39-30(61)33(72-37-28(59)25(56)19(50)11(3-43)65-37)22(53)16(69-39)8-63-40-34(27(58)21(52)13(5-45)67-40)73-38-29(60)26(57)20(51)12(4-44)66-38/h11-40,43-47,50-62H,3-8H2,1-2H3,(H,41,48)(H,42,49)/t11-,12-,13-,14-,15-,16-,17-,18-,19-,20-,21-,22-,23-,24-,25+,26+,27+,28+,29+,30+,31-,32-,33+,34+,35+,36+,37-,38-,39+,40+/m1/s1. The Labute approximate surface area is 413 Å². The number of hydrogen-bond acceptors (Lipinski definition) is 31. The van der Waals surface area contributed by atoms with E-state index in [1.807, 2.05) is 0 Å². The van der Waals surface area contributed by atoms with E-state index in [-0.39, 0.29) is 0 Å². The van der Waals surface area contributed by atoms with Crippen molar-refractivity contribution < 1.29 is 154 Å². The molecular formula is C40H68N2O31. The Balaban J connectivity index is 1.29. The monoisotopic (exact) mass is 1070 g/mol. The van der Waals surface area contributed by atoms with E-state index in [2.05, 4.69) is 10.6 Å². The van der Waals surface area contributed by atoms with Crippen LogP contribution in [0, 0.1) is 0 Å². The van der Waals surface area contributed by atoms with Crippen LogP contribution in [-0.4, -0.2) is 327 Å². The predicted molar refractivity (Wildman–Crippen MR) is 222 cm³/mol. The molecule has 0 aromatic heterocycles. The third-order valence-corrected chi connectivity index (χ3v) is 13.2. The molecule has 0 aromatic carbocycles. The molecule has 6 heterocycles. The maximum absolute atomic E-state index is 12.6. The predicted octanol–water partition coefficient (Wildman–Crippen LogP) is -13.8. The topological polar surface area (TPSA) is 524 Å². The molecule has 0 aliphatic carbocycles. The average molecular weight is 1070 g/mol. The summed E-state index contributed by atoms with van der Waals surface area (Å²) >= 11 is 0. The fourth-order valence-electron chi connectivity index (χ4n) is 9.20. The van der Waals surface area contributed by atoms with Crippen molar-refractivity contribution in [3.63, 3.8) is 0 Å². The number of rotatable bonds is 18. The molecule has 6 fully saturated rings. The number of carbonyl (C=O) groups excluding carboxylic acids is 2. The summed E-state index contributed by atoms with van der Waals surface area (Å²) in [4.78, 5) is 24.5. The van der Waals surface area contributed by atoms with Crippen LogP contribution in [0.4, 0.5) is 0 Å². The van der Waals surface area contributed by atoms with Crippen LogP contribution in [0.15, 0.2) is 0 Å². The Kier molecular flexibility index (Phi) is 21.3. The minimum Gasteiger partial charge on any atom is -0.394 e. The maximum atomic E-state index is 12.6. The van der Waals surface area contributed by atoms with E-state index >= 15 is 0 Å². The van der Waals surface area contributed by atoms with Crippen LogP contribution in [-0.2, 0) is 61.7 Å². The molecule has 73 heavy (non-hydrogen) atoms. The van der Waals surface area contributed by atoms with Gasteiger partial charge in [0.15, 0.2) is 37.7 Å². The van der Waals surface area contributed by atoms with E-state index in [1.54, 1.807) is 0 Å². The van der Waals surface area contributed by atoms with Gasteiger partial charge in [0.05, 0.1) is 39.6 Å². The summed E-state index contributed by atoms with van der Waals surface area (Å²) in [6.45, 7) is -3.66. The van der Waals surface area contributed by atoms with Crippen LogP contribution in [0.3, 0.4) is 0 Å². The molecule has 0 radical (unpaired) electrons. The largest absolute Gasteiger partial charge is 0.394 e. The van der Waals surface area contributed by atoms with Crippen LogP contribution in [0.5, 0.6) is 0 Å². The zero-order valence-corrected chi connectivity index (χ0v) is 38.9. The van der Waals surface area contributed by atoms with Gasteiger partial charge in [-0.05, 0) is 0 Å². The van der Waals surface area contributed by atoms with Gasteiger partial charge in [-0.1, -0.05) is 0 Å². The Hall–Kier alpha value is -2.22. The van der Waals surface area contributed by atoms with Crippen molar-refractivity contribution in [3.05, 3.63) is 0 Å². The quantitative estimate of drug-likeness (QED) is 0.0606. The highest BCUT2D eigenvalue weighted by Crippen LogP contribution is 2.36. The molecule has 424 valence electrons. The SMILES string of the molecule is CC(=O)N[C@@H]1[C@@H](O)[C@H](O[C@@H]2O[C@H](CO)[C@@H](O[C@@H]3O[C@H](CO[C@H]4O[C@H](CO)[C@@H](O)[C@H](O)[C@@H]4O[C@H]4O[C@H](CO)[C@@H](O)[C@H](O)[C@@H]4O)[C@@H](O)[C@H](O[C@H]4O[C@H](CO)[C@@H](O)[C@H](O)[C@@H]4O)[C@@H]3O)[C@H](O)[C@H]2NC(C)=O)[C@@H](CO)O[C@@H]1O. The molecule has 33 nitrogen and oxygen atoms in total. The zero-order chi connectivity index (χ0) is 53.9. The summed E-state index contributed by atoms with van der Waals surface area (Å²) in [6.07, 6.45) is -53.8. The lowest BCUT2D eigenvalue weighted by Crippen LogP contribution is -2.70. The average Bonchev–Trinajstić information content (AvgIpc) is 3.35. The Morgan fingerprint density at radius 2 is 0.726 bits per heavy atom. The molecule has 6 saturated heterocycles. The van der Waals surface area contributed by atoms with E-state index in [1.165, 1.54) is 0 Å². The Morgan fingerprint density at radius 3 is 1.22 bits per heavy atom. The number of nitrogens with one attached hydrogen (secondary N) is 2. The van der Waals surface area contributed by atoms with E-state index in [9.17, 15) is 102 Å². The molecule has 6 aliphatic rings. The molecule has 6 aliphatic heterocycles. The van der Waals surface area contributed by atoms with Gasteiger partial charge in [0.2, 0.25) is 11.8 Å². The zero-order valence-electron chi connectivity index (χ0n) is 38.9. The number of carbonyl (C=O) groups is 2. The third kappa shape index (κ3) is 13.0. The van der Waals surface area contributed by atoms with Gasteiger partial charge in [-0.3, -0.25) is 9.59 Å². The van der Waals surface area contributed by atoms with Crippen molar-refractivity contribution in [3.8, 4) is 0 Å². The lowest BCUT2D eigenvalue weighted by Gasteiger charge is -2.50. The Bertz CT molecular complexity index is 1750. The van der Waals surface area contributed by atoms with Crippen LogP contribution in [0.2, 0.25) is 0 Å². The third-order valence-electron chi connectivity index (χ3n) is 13.2. The fraction of sp³-hybridized carbons (Fsp3) is 0.950. The van der Waals surface area contributed by atoms with E-state index < -0.39 is 236 Å². The highest BCUT2D eigenvalue weighted by atomic mass is 16.8. The van der Waals surface area contributed by atoms with Gasteiger partial charge in [-0.15, -0.1) is 0 Å². The summed E-state index contributed by atoms with van der Waals surface area (Å²) < 4.78 is 62.8. The van der Waals surface area contributed by atoms with Crippen molar-refractivity contribution in [2.75, 3.05) is 39.6 Å². The Morgan fingerprint density at radius 1 is 0.356 bits per heavy atom. The number of hydrogen-bond donors (Lipinski definition) is 20. The lowest BCUT2D eigenvalue weighted by atomic mass is 9.94. The number of amides is 2. The molecule has 30 atom stereocenters.